The van der Waals surface area contributed by atoms with Crippen molar-refractivity contribution in [1.82, 2.24) is 10.0 Å². The molecule has 0 bridgehead atoms. The van der Waals surface area contributed by atoms with E-state index in [9.17, 15) is 13.2 Å². The number of nitrogens with one attached hydrogen (secondary N) is 2. The zero-order valence-electron chi connectivity index (χ0n) is 15.1. The van der Waals surface area contributed by atoms with Crippen LogP contribution in [0.5, 0.6) is 0 Å². The van der Waals surface area contributed by atoms with E-state index in [1.807, 2.05) is 0 Å². The molecule has 7 nitrogen and oxygen atoms in total. The Labute approximate surface area is 151 Å². The van der Waals surface area contributed by atoms with Crippen molar-refractivity contribution >= 4 is 15.9 Å². The van der Waals surface area contributed by atoms with E-state index in [4.69, 9.17) is 10.5 Å². The molecule has 25 heavy (non-hydrogen) atoms. The smallest absolute Gasteiger partial charge is 0.220 e. The molecule has 0 aromatic carbocycles. The van der Waals surface area contributed by atoms with Crippen LogP contribution in [0.4, 0.5) is 0 Å². The van der Waals surface area contributed by atoms with Crippen molar-refractivity contribution in [2.75, 3.05) is 32.0 Å². The average Bonchev–Trinajstić information content (AvgIpc) is 2.61. The molecule has 1 aliphatic heterocycles. The number of sulfonamides is 1. The summed E-state index contributed by atoms with van der Waals surface area (Å²) in [6, 6.07) is 0. The van der Waals surface area contributed by atoms with E-state index in [-0.39, 0.29) is 29.7 Å². The molecule has 1 aliphatic carbocycles. The van der Waals surface area contributed by atoms with Crippen LogP contribution in [0.3, 0.4) is 0 Å². The molecule has 1 unspecified atom stereocenters. The fraction of sp³-hybridized carbons (Fsp3) is 0.941. The van der Waals surface area contributed by atoms with Gasteiger partial charge in [-0.25, -0.2) is 13.1 Å². The lowest BCUT2D eigenvalue weighted by molar-refractivity contribution is -0.123. The minimum absolute atomic E-state index is 0.0335. The Morgan fingerprint density at radius 1 is 1.16 bits per heavy atom. The van der Waals surface area contributed by atoms with Crippen LogP contribution < -0.4 is 15.8 Å². The van der Waals surface area contributed by atoms with Crippen LogP contribution in [0.2, 0.25) is 0 Å². The Hall–Kier alpha value is -0.700. The van der Waals surface area contributed by atoms with Crippen LogP contribution >= 0.6 is 0 Å². The topological polar surface area (TPSA) is 111 Å². The lowest BCUT2D eigenvalue weighted by atomic mass is 9.72. The Balaban J connectivity index is 1.66. The number of hydrogen-bond donors (Lipinski definition) is 3. The Bertz CT molecular complexity index is 512. The average molecular weight is 376 g/mol. The molecule has 1 saturated carbocycles. The number of nitrogens with two attached hydrogens (primary N) is 1. The third kappa shape index (κ3) is 7.21. The van der Waals surface area contributed by atoms with Crippen molar-refractivity contribution in [1.29, 1.82) is 0 Å². The van der Waals surface area contributed by atoms with Crippen molar-refractivity contribution in [2.45, 2.75) is 63.9 Å². The van der Waals surface area contributed by atoms with Gasteiger partial charge in [0.1, 0.15) is 0 Å². The highest BCUT2D eigenvalue weighted by Gasteiger charge is 2.32. The molecule has 0 radical (unpaired) electrons. The number of carbonyl (C=O) groups excluding carboxylic acids is 1. The quantitative estimate of drug-likeness (QED) is 0.554. The Morgan fingerprint density at radius 2 is 1.92 bits per heavy atom. The Morgan fingerprint density at radius 3 is 2.56 bits per heavy atom. The van der Waals surface area contributed by atoms with Crippen LogP contribution in [0.15, 0.2) is 0 Å². The predicted octanol–water partition coefficient (Wildman–Crippen LogP) is 0.890. The second-order valence-corrected chi connectivity index (χ2v) is 9.37. The summed E-state index contributed by atoms with van der Waals surface area (Å²) < 4.78 is 32.1. The molecule has 4 N–H and O–H groups in total. The van der Waals surface area contributed by atoms with E-state index in [1.165, 1.54) is 6.42 Å². The number of carbonyl (C=O) groups is 1. The first-order valence-electron chi connectivity index (χ1n) is 9.50. The van der Waals surface area contributed by atoms with Crippen molar-refractivity contribution in [2.24, 2.45) is 11.1 Å². The maximum atomic E-state index is 12.2. The minimum Gasteiger partial charge on any atom is -0.377 e. The summed E-state index contributed by atoms with van der Waals surface area (Å²) in [5.74, 6) is -0.209. The highest BCUT2D eigenvalue weighted by Crippen LogP contribution is 2.38. The van der Waals surface area contributed by atoms with Gasteiger partial charge in [-0.1, -0.05) is 19.3 Å². The molecular formula is C17H33N3O4S. The molecule has 1 saturated heterocycles. The van der Waals surface area contributed by atoms with Crippen molar-refractivity contribution in [3.63, 3.8) is 0 Å². The Kier molecular flexibility index (Phi) is 8.12. The first-order chi connectivity index (χ1) is 11.9. The molecule has 1 heterocycles. The maximum Gasteiger partial charge on any atom is 0.220 e. The fourth-order valence-electron chi connectivity index (χ4n) is 3.74. The van der Waals surface area contributed by atoms with E-state index in [0.29, 0.717) is 26.1 Å². The molecule has 146 valence electrons. The van der Waals surface area contributed by atoms with Crippen LogP contribution in [-0.2, 0) is 19.6 Å². The van der Waals surface area contributed by atoms with Crippen LogP contribution in [0, 0.1) is 5.41 Å². The molecule has 0 aromatic heterocycles. The van der Waals surface area contributed by atoms with Crippen LogP contribution in [-0.4, -0.2) is 52.4 Å². The molecule has 8 heteroatoms. The molecule has 2 fully saturated rings. The number of amides is 1. The van der Waals surface area contributed by atoms with Gasteiger partial charge in [0.2, 0.25) is 15.9 Å². The van der Waals surface area contributed by atoms with E-state index in [0.717, 1.165) is 44.9 Å². The number of hydrogen-bond acceptors (Lipinski definition) is 5. The second kappa shape index (κ2) is 9.85. The lowest BCUT2D eigenvalue weighted by Crippen LogP contribution is -2.41. The van der Waals surface area contributed by atoms with Gasteiger partial charge in [-0.15, -0.1) is 0 Å². The molecule has 0 spiro atoms. The predicted molar refractivity (Wildman–Crippen MR) is 97.6 cm³/mol. The van der Waals surface area contributed by atoms with Gasteiger partial charge in [-0.2, -0.15) is 0 Å². The van der Waals surface area contributed by atoms with E-state index < -0.39 is 10.0 Å². The minimum atomic E-state index is -3.40. The van der Waals surface area contributed by atoms with Crippen molar-refractivity contribution in [3.05, 3.63) is 0 Å². The van der Waals surface area contributed by atoms with Gasteiger partial charge in [-0.05, 0) is 44.1 Å². The summed E-state index contributed by atoms with van der Waals surface area (Å²) in [5, 5.41) is 2.74. The standard InChI is InChI=1S/C17H33N3O4S/c18-14-17(7-3-1-4-8-17)12-16(21)19-9-11-25(22,23)20-13-15-6-2-5-10-24-15/h15,20H,1-14,18H2,(H,19,21). The van der Waals surface area contributed by atoms with Gasteiger partial charge in [0.05, 0.1) is 11.9 Å². The largest absolute Gasteiger partial charge is 0.377 e. The lowest BCUT2D eigenvalue weighted by Gasteiger charge is -2.35. The van der Waals surface area contributed by atoms with Gasteiger partial charge in [0.15, 0.2) is 0 Å². The summed E-state index contributed by atoms with van der Waals surface area (Å²) in [4.78, 5) is 12.2. The SMILES string of the molecule is NCC1(CC(=O)NCCS(=O)(=O)NCC2CCCCO2)CCCCC1. The van der Waals surface area contributed by atoms with Gasteiger partial charge in [0, 0.05) is 26.1 Å². The number of rotatable bonds is 9. The third-order valence-corrected chi connectivity index (χ3v) is 6.73. The zero-order chi connectivity index (χ0) is 18.2. The van der Waals surface area contributed by atoms with Gasteiger partial charge in [-0.3, -0.25) is 4.79 Å². The van der Waals surface area contributed by atoms with Crippen molar-refractivity contribution < 1.29 is 17.9 Å². The van der Waals surface area contributed by atoms with Crippen molar-refractivity contribution in [3.8, 4) is 0 Å². The highest BCUT2D eigenvalue weighted by molar-refractivity contribution is 7.89. The second-order valence-electron chi connectivity index (χ2n) is 7.45. The first kappa shape index (κ1) is 20.6. The summed E-state index contributed by atoms with van der Waals surface area (Å²) in [6.07, 6.45) is 8.78. The summed E-state index contributed by atoms with van der Waals surface area (Å²) >= 11 is 0. The van der Waals surface area contributed by atoms with Crippen LogP contribution in [0.1, 0.15) is 57.8 Å². The summed E-state index contributed by atoms with van der Waals surface area (Å²) in [6.45, 7) is 1.65. The van der Waals surface area contributed by atoms with Gasteiger partial charge < -0.3 is 15.8 Å². The highest BCUT2D eigenvalue weighted by atomic mass is 32.2. The third-order valence-electron chi connectivity index (χ3n) is 5.38. The first-order valence-corrected chi connectivity index (χ1v) is 11.2. The van der Waals surface area contributed by atoms with E-state index in [2.05, 4.69) is 10.0 Å². The molecule has 1 amide bonds. The summed E-state index contributed by atoms with van der Waals surface area (Å²) in [7, 11) is -3.40. The zero-order valence-corrected chi connectivity index (χ0v) is 15.9. The molecule has 2 aliphatic rings. The van der Waals surface area contributed by atoms with E-state index in [1.54, 1.807) is 0 Å². The molecule has 2 rings (SSSR count). The molecule has 1 atom stereocenters. The van der Waals surface area contributed by atoms with Gasteiger partial charge >= 0.3 is 0 Å². The molecular weight excluding hydrogens is 342 g/mol. The fourth-order valence-corrected chi connectivity index (χ4v) is 4.70. The summed E-state index contributed by atoms with van der Waals surface area (Å²) in [5.41, 5.74) is 5.80. The monoisotopic (exact) mass is 375 g/mol. The maximum absolute atomic E-state index is 12.2. The normalized spacial score (nSPS) is 24.0. The van der Waals surface area contributed by atoms with E-state index >= 15 is 0 Å². The van der Waals surface area contributed by atoms with Crippen LogP contribution in [0.25, 0.3) is 0 Å². The molecule has 0 aromatic rings. The number of ether oxygens (including phenoxy) is 1. The van der Waals surface area contributed by atoms with Gasteiger partial charge in [0.25, 0.3) is 0 Å².